The van der Waals surface area contributed by atoms with Crippen molar-refractivity contribution in [3.8, 4) is 11.1 Å². The van der Waals surface area contributed by atoms with Crippen molar-refractivity contribution in [1.82, 2.24) is 15.3 Å². The number of halogens is 2. The molecule has 0 radical (unpaired) electrons. The Bertz CT molecular complexity index is 950. The molecule has 2 aliphatic rings. The van der Waals surface area contributed by atoms with E-state index in [-0.39, 0.29) is 13.0 Å². The monoisotopic (exact) mass is 387 g/mol. The Morgan fingerprint density at radius 3 is 2.71 bits per heavy atom. The van der Waals surface area contributed by atoms with Gasteiger partial charge in [-0.25, -0.2) is 18.6 Å². The Kier molecular flexibility index (Phi) is 4.44. The van der Waals surface area contributed by atoms with Crippen LogP contribution in [0.2, 0.25) is 0 Å². The van der Waals surface area contributed by atoms with E-state index in [0.29, 0.717) is 17.9 Å². The van der Waals surface area contributed by atoms with E-state index in [1.807, 2.05) is 12.1 Å². The van der Waals surface area contributed by atoms with Gasteiger partial charge in [0.25, 0.3) is 5.92 Å². The van der Waals surface area contributed by atoms with Gasteiger partial charge in [-0.15, -0.1) is 0 Å². The van der Waals surface area contributed by atoms with Crippen LogP contribution in [0.3, 0.4) is 0 Å². The third-order valence-corrected chi connectivity index (χ3v) is 5.03. The van der Waals surface area contributed by atoms with Gasteiger partial charge in [-0.05, 0) is 36.1 Å². The normalized spacial score (nSPS) is 19.6. The largest absolute Gasteiger partial charge is 0.352 e. The second kappa shape index (κ2) is 6.81. The average molecular weight is 387 g/mol. The van der Waals surface area contributed by atoms with Crippen molar-refractivity contribution in [1.29, 1.82) is 0 Å². The molecule has 0 bridgehead atoms. The Morgan fingerprint density at radius 2 is 2.00 bits per heavy atom. The number of nitrogens with two attached hydrogens (primary N) is 1. The number of nitrogens with one attached hydrogen (secondary N) is 1. The topological polar surface area (TPSA) is 101 Å². The molecule has 28 heavy (non-hydrogen) atoms. The van der Waals surface area contributed by atoms with Gasteiger partial charge in [0.05, 0.1) is 0 Å². The fraction of sp³-hybridized carbons (Fsp3) is 0.368. The number of aryl methyl sites for hydroxylation is 1. The second-order valence-electron chi connectivity index (χ2n) is 7.12. The molecule has 0 spiro atoms. The Labute approximate surface area is 160 Å². The summed E-state index contributed by atoms with van der Waals surface area (Å²) in [5.41, 5.74) is 8.64. The summed E-state index contributed by atoms with van der Waals surface area (Å²) in [6.07, 6.45) is 6.09. The minimum absolute atomic E-state index is 0.125. The number of hydrogen-bond acceptors (Lipinski definition) is 4. The van der Waals surface area contributed by atoms with E-state index in [2.05, 4.69) is 15.3 Å². The second-order valence-corrected chi connectivity index (χ2v) is 7.12. The molecule has 1 unspecified atom stereocenters. The predicted molar refractivity (Wildman–Crippen MR) is 97.6 cm³/mol. The molecule has 1 saturated carbocycles. The molecule has 7 nitrogen and oxygen atoms in total. The van der Waals surface area contributed by atoms with E-state index < -0.39 is 23.8 Å². The lowest BCUT2D eigenvalue weighted by Crippen LogP contribution is -2.40. The van der Waals surface area contributed by atoms with Crippen molar-refractivity contribution in [3.05, 3.63) is 41.9 Å². The summed E-state index contributed by atoms with van der Waals surface area (Å²) in [6, 6.07) is 3.25. The van der Waals surface area contributed by atoms with Crippen molar-refractivity contribution in [3.63, 3.8) is 0 Å². The Morgan fingerprint density at radius 1 is 1.25 bits per heavy atom. The van der Waals surface area contributed by atoms with Crippen LogP contribution < -0.4 is 16.0 Å². The molecule has 0 aromatic carbocycles. The highest BCUT2D eigenvalue weighted by Crippen LogP contribution is 2.48. The maximum Gasteiger partial charge on any atom is 0.320 e. The first-order valence-electron chi connectivity index (χ1n) is 9.01. The summed E-state index contributed by atoms with van der Waals surface area (Å²) in [4.78, 5) is 33.3. The summed E-state index contributed by atoms with van der Waals surface area (Å²) >= 11 is 0. The first kappa shape index (κ1) is 18.3. The molecular formula is C19H19F2N5O2. The minimum atomic E-state index is -2.88. The molecule has 2 aromatic rings. The zero-order chi connectivity index (χ0) is 19.9. The number of alkyl halides is 2. The molecule has 1 atom stereocenters. The van der Waals surface area contributed by atoms with Crippen LogP contribution in [0.25, 0.3) is 11.1 Å². The van der Waals surface area contributed by atoms with E-state index >= 15 is 0 Å². The number of primary amides is 1. The quantitative estimate of drug-likeness (QED) is 0.840. The fourth-order valence-electron chi connectivity index (χ4n) is 3.39. The van der Waals surface area contributed by atoms with Gasteiger partial charge in [-0.3, -0.25) is 14.7 Å². The van der Waals surface area contributed by atoms with Crippen LogP contribution in [0, 0.1) is 5.92 Å². The number of pyridine rings is 2. The van der Waals surface area contributed by atoms with E-state index in [1.165, 1.54) is 4.90 Å². The lowest BCUT2D eigenvalue weighted by atomic mass is 10.0. The van der Waals surface area contributed by atoms with Crippen LogP contribution in [-0.4, -0.2) is 34.4 Å². The third kappa shape index (κ3) is 3.51. The lowest BCUT2D eigenvalue weighted by molar-refractivity contribution is -0.124. The zero-order valence-electron chi connectivity index (χ0n) is 15.0. The number of hydrogen-bond donors (Lipinski definition) is 2. The van der Waals surface area contributed by atoms with Gasteiger partial charge in [0.1, 0.15) is 11.7 Å². The number of aromatic nitrogens is 2. The van der Waals surface area contributed by atoms with E-state index in [9.17, 15) is 18.4 Å². The SMILES string of the molecule is NC(=O)N1CCCc2cc(-c3cncc(CNC(=O)C4CC4(F)F)c3)cnc21. The number of nitrogens with zero attached hydrogens (tertiary/aromatic N) is 3. The zero-order valence-corrected chi connectivity index (χ0v) is 15.0. The first-order valence-corrected chi connectivity index (χ1v) is 9.01. The number of carbonyl (C=O) groups is 2. The molecule has 1 aliphatic heterocycles. The van der Waals surface area contributed by atoms with E-state index in [4.69, 9.17) is 5.73 Å². The number of amides is 3. The summed E-state index contributed by atoms with van der Waals surface area (Å²) < 4.78 is 25.9. The van der Waals surface area contributed by atoms with Gasteiger partial charge in [0, 0.05) is 49.2 Å². The summed E-state index contributed by atoms with van der Waals surface area (Å²) in [5, 5.41) is 2.53. The molecular weight excluding hydrogens is 368 g/mol. The number of urea groups is 1. The predicted octanol–water partition coefficient (Wildman–Crippen LogP) is 2.25. The van der Waals surface area contributed by atoms with Crippen LogP contribution in [0.4, 0.5) is 19.4 Å². The van der Waals surface area contributed by atoms with E-state index in [1.54, 1.807) is 18.6 Å². The maximum absolute atomic E-state index is 13.0. The van der Waals surface area contributed by atoms with Gasteiger partial charge in [0.2, 0.25) is 5.91 Å². The Hall–Kier alpha value is -3.10. The lowest BCUT2D eigenvalue weighted by Gasteiger charge is -2.26. The van der Waals surface area contributed by atoms with Gasteiger partial charge in [-0.2, -0.15) is 0 Å². The minimum Gasteiger partial charge on any atom is -0.352 e. The highest BCUT2D eigenvalue weighted by Gasteiger charge is 2.61. The third-order valence-electron chi connectivity index (χ3n) is 5.03. The number of anilines is 1. The number of carbonyl (C=O) groups excluding carboxylic acids is 2. The van der Waals surface area contributed by atoms with Crippen molar-refractivity contribution in [2.24, 2.45) is 11.7 Å². The highest BCUT2D eigenvalue weighted by molar-refractivity contribution is 5.91. The number of rotatable bonds is 4. The molecule has 9 heteroatoms. The van der Waals surface area contributed by atoms with Gasteiger partial charge in [-0.1, -0.05) is 0 Å². The molecule has 2 aromatic heterocycles. The number of fused-ring (bicyclic) bond motifs is 1. The fourth-order valence-corrected chi connectivity index (χ4v) is 3.39. The van der Waals surface area contributed by atoms with Crippen LogP contribution in [0.15, 0.2) is 30.7 Å². The standard InChI is InChI=1S/C19H19F2N5O2/c20-19(21)6-15(19)17(27)25-8-11-4-13(9-23-7-11)14-5-12-2-1-3-26(18(22)28)16(12)24-10-14/h4-5,7,9-10,15H,1-3,6,8H2,(H2,22,28)(H,25,27). The summed E-state index contributed by atoms with van der Waals surface area (Å²) in [6.45, 7) is 0.672. The van der Waals surface area contributed by atoms with Crippen molar-refractivity contribution in [2.45, 2.75) is 31.7 Å². The van der Waals surface area contributed by atoms with Crippen LogP contribution in [-0.2, 0) is 17.8 Å². The molecule has 3 amide bonds. The molecule has 0 saturated heterocycles. The van der Waals surface area contributed by atoms with Crippen molar-refractivity contribution in [2.75, 3.05) is 11.4 Å². The highest BCUT2D eigenvalue weighted by atomic mass is 19.3. The molecule has 1 aliphatic carbocycles. The first-order chi connectivity index (χ1) is 13.3. The van der Waals surface area contributed by atoms with Crippen molar-refractivity contribution < 1.29 is 18.4 Å². The molecule has 3 heterocycles. The molecule has 146 valence electrons. The van der Waals surface area contributed by atoms with Gasteiger partial charge >= 0.3 is 6.03 Å². The van der Waals surface area contributed by atoms with Crippen LogP contribution in [0.1, 0.15) is 24.0 Å². The van der Waals surface area contributed by atoms with Crippen LogP contribution in [0.5, 0.6) is 0 Å². The maximum atomic E-state index is 13.0. The molecule has 4 rings (SSSR count). The van der Waals surface area contributed by atoms with Crippen LogP contribution >= 0.6 is 0 Å². The smallest absolute Gasteiger partial charge is 0.320 e. The Balaban J connectivity index is 1.50. The van der Waals surface area contributed by atoms with Gasteiger partial charge in [0.15, 0.2) is 0 Å². The molecule has 3 N–H and O–H groups in total. The van der Waals surface area contributed by atoms with Crippen molar-refractivity contribution >= 4 is 17.8 Å². The summed E-state index contributed by atoms with van der Waals surface area (Å²) in [5.74, 6) is -4.17. The molecule has 1 fully saturated rings. The summed E-state index contributed by atoms with van der Waals surface area (Å²) in [7, 11) is 0. The van der Waals surface area contributed by atoms with E-state index in [0.717, 1.165) is 29.5 Å². The average Bonchev–Trinajstić information content (AvgIpc) is 3.33. The van der Waals surface area contributed by atoms with Gasteiger partial charge < -0.3 is 11.1 Å².